The van der Waals surface area contributed by atoms with E-state index >= 15 is 0 Å². The summed E-state index contributed by atoms with van der Waals surface area (Å²) in [5.74, 6) is -0.905. The molecular weight excluding hydrogens is 413 g/mol. The Morgan fingerprint density at radius 2 is 1.61 bits per heavy atom. The number of nitrogens with one attached hydrogen (secondary N) is 1. The van der Waals surface area contributed by atoms with Gasteiger partial charge in [-0.25, -0.2) is 4.39 Å². The van der Waals surface area contributed by atoms with Crippen molar-refractivity contribution in [3.63, 3.8) is 0 Å². The van der Waals surface area contributed by atoms with Gasteiger partial charge in [-0.05, 0) is 30.3 Å². The van der Waals surface area contributed by atoms with E-state index in [1.165, 1.54) is 12.1 Å². The van der Waals surface area contributed by atoms with Crippen LogP contribution in [0.15, 0.2) is 54.6 Å². The van der Waals surface area contributed by atoms with E-state index in [1.54, 1.807) is 24.3 Å². The largest absolute Gasteiger partial charge is 0.475 e. The maximum Gasteiger partial charge on any atom is 0.277 e. The van der Waals surface area contributed by atoms with Crippen LogP contribution in [0.1, 0.15) is 10.4 Å². The topological polar surface area (TPSA) is 150 Å². The number of amides is 1. The summed E-state index contributed by atoms with van der Waals surface area (Å²) >= 11 is 0. The summed E-state index contributed by atoms with van der Waals surface area (Å²) in [5, 5.41) is 32.1. The standard InChI is InChI=1S/C19H14FN5O6/c20-14-3-1-12(2-4-14)17-5-6-18(23-22-17)31-8-7-21-19(26)13-9-15(24(27)28)11-16(10-13)25(29)30/h1-6,9-11H,7-8H2,(H,21,26). The molecule has 31 heavy (non-hydrogen) atoms. The Kier molecular flexibility index (Phi) is 6.40. The number of nitro groups is 2. The molecule has 1 N–H and O–H groups in total. The number of hydrogen-bond donors (Lipinski definition) is 1. The highest BCUT2D eigenvalue weighted by molar-refractivity contribution is 5.95. The molecule has 158 valence electrons. The minimum Gasteiger partial charge on any atom is -0.475 e. The van der Waals surface area contributed by atoms with E-state index in [-0.39, 0.29) is 30.4 Å². The second-order valence-electron chi connectivity index (χ2n) is 6.12. The molecule has 3 rings (SSSR count). The van der Waals surface area contributed by atoms with Gasteiger partial charge in [0.15, 0.2) is 0 Å². The minimum absolute atomic E-state index is 0.00728. The summed E-state index contributed by atoms with van der Waals surface area (Å²) in [6.45, 7) is 0.0179. The third kappa shape index (κ3) is 5.53. The average Bonchev–Trinajstić information content (AvgIpc) is 2.77. The molecule has 0 aliphatic rings. The number of halogens is 1. The molecule has 0 fully saturated rings. The van der Waals surface area contributed by atoms with Crippen LogP contribution >= 0.6 is 0 Å². The van der Waals surface area contributed by atoms with E-state index in [1.807, 2.05) is 0 Å². The van der Waals surface area contributed by atoms with Crippen molar-refractivity contribution in [1.29, 1.82) is 0 Å². The third-order valence-electron chi connectivity index (χ3n) is 4.00. The van der Waals surface area contributed by atoms with Crippen molar-refractivity contribution in [2.75, 3.05) is 13.2 Å². The summed E-state index contributed by atoms with van der Waals surface area (Å²) in [7, 11) is 0. The molecule has 0 saturated carbocycles. The molecule has 0 radical (unpaired) electrons. The molecule has 2 aromatic carbocycles. The second-order valence-corrected chi connectivity index (χ2v) is 6.12. The number of hydrogen-bond acceptors (Lipinski definition) is 8. The lowest BCUT2D eigenvalue weighted by Gasteiger charge is -2.07. The minimum atomic E-state index is -0.818. The lowest BCUT2D eigenvalue weighted by atomic mass is 10.1. The molecule has 0 bridgehead atoms. The van der Waals surface area contributed by atoms with Gasteiger partial charge in [0.1, 0.15) is 12.4 Å². The smallest absolute Gasteiger partial charge is 0.277 e. The maximum atomic E-state index is 13.0. The first kappa shape index (κ1) is 21.2. The van der Waals surface area contributed by atoms with Gasteiger partial charge < -0.3 is 10.1 Å². The zero-order valence-corrected chi connectivity index (χ0v) is 15.7. The van der Waals surface area contributed by atoms with Crippen molar-refractivity contribution in [3.05, 3.63) is 86.2 Å². The van der Waals surface area contributed by atoms with Crippen LogP contribution in [0.2, 0.25) is 0 Å². The number of nitrogens with zero attached hydrogens (tertiary/aromatic N) is 4. The second kappa shape index (κ2) is 9.35. The van der Waals surface area contributed by atoms with Crippen LogP contribution in [0.5, 0.6) is 5.88 Å². The summed E-state index contributed by atoms with van der Waals surface area (Å²) in [6, 6.07) is 11.6. The molecule has 0 unspecified atom stereocenters. The third-order valence-corrected chi connectivity index (χ3v) is 4.00. The Labute approximate surface area is 173 Å². The monoisotopic (exact) mass is 427 g/mol. The molecule has 11 nitrogen and oxygen atoms in total. The highest BCUT2D eigenvalue weighted by atomic mass is 19.1. The molecule has 0 spiro atoms. The summed E-state index contributed by atoms with van der Waals surface area (Å²) in [4.78, 5) is 32.3. The number of benzene rings is 2. The highest BCUT2D eigenvalue weighted by Gasteiger charge is 2.19. The van der Waals surface area contributed by atoms with Crippen LogP contribution in [-0.4, -0.2) is 39.1 Å². The first-order valence-corrected chi connectivity index (χ1v) is 8.78. The van der Waals surface area contributed by atoms with Crippen LogP contribution < -0.4 is 10.1 Å². The SMILES string of the molecule is O=C(NCCOc1ccc(-c2ccc(F)cc2)nn1)c1cc([N+](=O)[O-])cc([N+](=O)[O-])c1. The van der Waals surface area contributed by atoms with E-state index in [4.69, 9.17) is 4.74 Å². The highest BCUT2D eigenvalue weighted by Crippen LogP contribution is 2.22. The fraction of sp³-hybridized carbons (Fsp3) is 0.105. The van der Waals surface area contributed by atoms with Gasteiger partial charge in [-0.2, -0.15) is 0 Å². The predicted molar refractivity (Wildman–Crippen MR) is 105 cm³/mol. The molecule has 3 aromatic rings. The Bertz CT molecular complexity index is 1090. The molecule has 0 atom stereocenters. The Balaban J connectivity index is 1.55. The molecule has 1 amide bonds. The van der Waals surface area contributed by atoms with E-state index in [0.29, 0.717) is 11.3 Å². The van der Waals surface area contributed by atoms with E-state index in [2.05, 4.69) is 15.5 Å². The Morgan fingerprint density at radius 1 is 0.968 bits per heavy atom. The van der Waals surface area contributed by atoms with Gasteiger partial charge in [-0.1, -0.05) is 0 Å². The number of nitro benzene ring substituents is 2. The molecule has 1 aromatic heterocycles. The first-order valence-electron chi connectivity index (χ1n) is 8.78. The van der Waals surface area contributed by atoms with Crippen LogP contribution in [-0.2, 0) is 0 Å². The normalized spacial score (nSPS) is 10.4. The summed E-state index contributed by atoms with van der Waals surface area (Å²) < 4.78 is 18.3. The molecule has 12 heteroatoms. The molecule has 0 aliphatic carbocycles. The van der Waals surface area contributed by atoms with Gasteiger partial charge >= 0.3 is 0 Å². The first-order chi connectivity index (χ1) is 14.8. The van der Waals surface area contributed by atoms with E-state index in [0.717, 1.165) is 18.2 Å². The lowest BCUT2D eigenvalue weighted by Crippen LogP contribution is -2.28. The number of ether oxygens (including phenoxy) is 1. The maximum absolute atomic E-state index is 13.0. The quantitative estimate of drug-likeness (QED) is 0.327. The molecule has 0 aliphatic heterocycles. The summed E-state index contributed by atoms with van der Waals surface area (Å²) in [6.07, 6.45) is 0. The fourth-order valence-corrected chi connectivity index (χ4v) is 2.53. The Morgan fingerprint density at radius 3 is 2.16 bits per heavy atom. The van der Waals surface area contributed by atoms with Gasteiger partial charge in [0.05, 0.1) is 33.7 Å². The fourth-order valence-electron chi connectivity index (χ4n) is 2.53. The number of aromatic nitrogens is 2. The predicted octanol–water partition coefficient (Wildman–Crippen LogP) is 2.91. The van der Waals surface area contributed by atoms with Crippen LogP contribution in [0.25, 0.3) is 11.3 Å². The van der Waals surface area contributed by atoms with Crippen LogP contribution in [0.3, 0.4) is 0 Å². The Hall–Kier alpha value is -4.48. The number of carbonyl (C=O) groups excluding carboxylic acids is 1. The van der Waals surface area contributed by atoms with Crippen molar-refractivity contribution in [1.82, 2.24) is 15.5 Å². The molecule has 1 heterocycles. The van der Waals surface area contributed by atoms with Gasteiger partial charge in [-0.3, -0.25) is 25.0 Å². The van der Waals surface area contributed by atoms with Gasteiger partial charge in [0.2, 0.25) is 5.88 Å². The van der Waals surface area contributed by atoms with Crippen molar-refractivity contribution >= 4 is 17.3 Å². The average molecular weight is 427 g/mol. The van der Waals surface area contributed by atoms with Crippen LogP contribution in [0.4, 0.5) is 15.8 Å². The van der Waals surface area contributed by atoms with E-state index < -0.39 is 27.1 Å². The van der Waals surface area contributed by atoms with Crippen LogP contribution in [0, 0.1) is 26.0 Å². The lowest BCUT2D eigenvalue weighted by molar-refractivity contribution is -0.394. The number of carbonyl (C=O) groups is 1. The van der Waals surface area contributed by atoms with Crippen molar-refractivity contribution < 1.29 is 23.8 Å². The van der Waals surface area contributed by atoms with Crippen molar-refractivity contribution in [2.24, 2.45) is 0 Å². The number of rotatable bonds is 8. The zero-order valence-electron chi connectivity index (χ0n) is 15.7. The molecular formula is C19H14FN5O6. The summed E-state index contributed by atoms with van der Waals surface area (Å²) in [5.41, 5.74) is -0.143. The van der Waals surface area contributed by atoms with E-state index in [9.17, 15) is 29.4 Å². The van der Waals surface area contributed by atoms with Crippen molar-refractivity contribution in [2.45, 2.75) is 0 Å². The van der Waals surface area contributed by atoms with Crippen molar-refractivity contribution in [3.8, 4) is 17.1 Å². The van der Waals surface area contributed by atoms with Gasteiger partial charge in [-0.15, -0.1) is 10.2 Å². The van der Waals surface area contributed by atoms with Gasteiger partial charge in [0.25, 0.3) is 17.3 Å². The number of non-ortho nitro benzene ring substituents is 2. The zero-order chi connectivity index (χ0) is 22.4. The molecule has 0 saturated heterocycles. The van der Waals surface area contributed by atoms with Gasteiger partial charge in [0, 0.05) is 23.8 Å².